The zero-order valence-corrected chi connectivity index (χ0v) is 37.3. The Morgan fingerprint density at radius 2 is 0.547 bits per heavy atom. The van der Waals surface area contributed by atoms with Crippen LogP contribution in [0.3, 0.4) is 0 Å². The average Bonchev–Trinajstić information content (AvgIpc) is 3.17. The summed E-state index contributed by atoms with van der Waals surface area (Å²) in [7, 11) is 0. The molecule has 0 N–H and O–H groups in total. The first-order valence-electron chi connectivity index (χ1n) is 23.0. The molecule has 0 rings (SSSR count). The van der Waals surface area contributed by atoms with Crippen molar-refractivity contribution in [2.45, 2.75) is 231 Å². The molecule has 0 bridgehead atoms. The van der Waals surface area contributed by atoms with Crippen molar-refractivity contribution in [2.75, 3.05) is 0 Å². The molecule has 1 heteroatoms. The largest absolute Gasteiger partial charge is 0.148 e. The van der Waals surface area contributed by atoms with E-state index in [2.05, 4.69) is 151 Å². The summed E-state index contributed by atoms with van der Waals surface area (Å²) in [6, 6.07) is 0. The third-order valence-corrected chi connectivity index (χ3v) is 12.8. The highest BCUT2D eigenvalue weighted by Crippen LogP contribution is 2.51. The van der Waals surface area contributed by atoms with Crippen LogP contribution in [-0.2, 0) is 0 Å². The lowest BCUT2D eigenvalue weighted by atomic mass is 9.91. The second kappa shape index (κ2) is 39.9. The highest BCUT2D eigenvalue weighted by molar-refractivity contribution is 8.02. The summed E-state index contributed by atoms with van der Waals surface area (Å²) in [5.74, 6) is 0. The first-order valence-corrected chi connectivity index (χ1v) is 23.8. The van der Waals surface area contributed by atoms with E-state index in [0.29, 0.717) is 9.49 Å². The smallest absolute Gasteiger partial charge is 0.0163 e. The monoisotopic (exact) mass is 747 g/mol. The number of thioether (sulfide) groups is 1. The van der Waals surface area contributed by atoms with E-state index in [4.69, 9.17) is 0 Å². The van der Waals surface area contributed by atoms with E-state index in [9.17, 15) is 0 Å². The summed E-state index contributed by atoms with van der Waals surface area (Å²) in [4.78, 5) is 0. The van der Waals surface area contributed by atoms with Crippen molar-refractivity contribution < 1.29 is 0 Å². The molecule has 0 saturated carbocycles. The summed E-state index contributed by atoms with van der Waals surface area (Å²) in [5.41, 5.74) is 0. The molecule has 0 fully saturated rings. The molecule has 0 aliphatic heterocycles. The van der Waals surface area contributed by atoms with Crippen LogP contribution in [0.15, 0.2) is 97.2 Å². The Labute approximate surface area is 338 Å². The summed E-state index contributed by atoms with van der Waals surface area (Å²) < 4.78 is 0.883. The van der Waals surface area contributed by atoms with Crippen molar-refractivity contribution >= 4 is 11.8 Å². The molecule has 53 heavy (non-hydrogen) atoms. The van der Waals surface area contributed by atoms with Crippen molar-refractivity contribution in [3.05, 3.63) is 97.2 Å². The predicted octanol–water partition coefficient (Wildman–Crippen LogP) is 18.7. The maximum Gasteiger partial charge on any atom is 0.0163 e. The van der Waals surface area contributed by atoms with Gasteiger partial charge in [0.05, 0.1) is 0 Å². The number of hydrogen-bond donors (Lipinski definition) is 0. The number of rotatable bonds is 38. The Morgan fingerprint density at radius 3 is 0.792 bits per heavy atom. The third kappa shape index (κ3) is 32.2. The van der Waals surface area contributed by atoms with Gasteiger partial charge in [0.15, 0.2) is 0 Å². The lowest BCUT2D eigenvalue weighted by molar-refractivity contribution is 0.421. The van der Waals surface area contributed by atoms with Gasteiger partial charge < -0.3 is 0 Å². The van der Waals surface area contributed by atoms with Crippen LogP contribution in [-0.4, -0.2) is 9.49 Å². The van der Waals surface area contributed by atoms with Crippen molar-refractivity contribution in [1.29, 1.82) is 0 Å². The molecule has 0 heterocycles. The Hall–Kier alpha value is -1.73. The molecule has 0 radical (unpaired) electrons. The van der Waals surface area contributed by atoms with E-state index >= 15 is 0 Å². The van der Waals surface area contributed by atoms with Gasteiger partial charge in [0.1, 0.15) is 0 Å². The predicted molar refractivity (Wildman–Crippen MR) is 249 cm³/mol. The Balaban J connectivity index is 4.52. The summed E-state index contributed by atoms with van der Waals surface area (Å²) in [5, 5.41) is 0. The van der Waals surface area contributed by atoms with E-state index in [1.165, 1.54) is 141 Å². The molecule has 2 unspecified atom stereocenters. The second-order valence-corrected chi connectivity index (χ2v) is 17.3. The van der Waals surface area contributed by atoms with Gasteiger partial charge in [-0.3, -0.25) is 0 Å². The first kappa shape index (κ1) is 51.3. The SMILES string of the molecule is CCCCC/C=C\C/C=C\C/C=C\C/C=C\CCCCC(CC)(CCC)SC(CC)(CCC)CCCC/C=C\C/C=C\C/C=C\C/C=C\CCCCC. The Morgan fingerprint density at radius 1 is 0.283 bits per heavy atom. The van der Waals surface area contributed by atoms with E-state index < -0.39 is 0 Å². The minimum atomic E-state index is 0.442. The quantitative estimate of drug-likeness (QED) is 0.0448. The van der Waals surface area contributed by atoms with Gasteiger partial charge in [-0.05, 0) is 128 Å². The van der Waals surface area contributed by atoms with E-state index in [0.717, 1.165) is 38.5 Å². The van der Waals surface area contributed by atoms with Gasteiger partial charge >= 0.3 is 0 Å². The van der Waals surface area contributed by atoms with Crippen LogP contribution in [0.1, 0.15) is 221 Å². The Bertz CT molecular complexity index is 922. The fraction of sp³-hybridized carbons (Fsp3) is 0.692. The zero-order valence-electron chi connectivity index (χ0n) is 36.4. The van der Waals surface area contributed by atoms with Gasteiger partial charge in [-0.1, -0.05) is 190 Å². The zero-order chi connectivity index (χ0) is 38.8. The molecule has 0 aliphatic carbocycles. The molecule has 0 aromatic rings. The van der Waals surface area contributed by atoms with Crippen LogP contribution in [0.2, 0.25) is 0 Å². The number of unbranched alkanes of at least 4 members (excludes halogenated alkanes) is 10. The summed E-state index contributed by atoms with van der Waals surface area (Å²) in [6.45, 7) is 14.3. The molecular weight excluding hydrogens is 657 g/mol. The van der Waals surface area contributed by atoms with Crippen LogP contribution in [0.5, 0.6) is 0 Å². The van der Waals surface area contributed by atoms with Crippen LogP contribution in [0.4, 0.5) is 0 Å². The van der Waals surface area contributed by atoms with Gasteiger partial charge in [-0.25, -0.2) is 0 Å². The Kier molecular flexibility index (Phi) is 38.6. The van der Waals surface area contributed by atoms with Crippen LogP contribution in [0, 0.1) is 0 Å². The minimum absolute atomic E-state index is 0.442. The van der Waals surface area contributed by atoms with Crippen LogP contribution in [0.25, 0.3) is 0 Å². The van der Waals surface area contributed by atoms with Crippen LogP contribution < -0.4 is 0 Å². The summed E-state index contributed by atoms with van der Waals surface area (Å²) in [6.07, 6.45) is 72.7. The minimum Gasteiger partial charge on any atom is -0.148 e. The highest BCUT2D eigenvalue weighted by atomic mass is 32.2. The topological polar surface area (TPSA) is 0 Å². The van der Waals surface area contributed by atoms with Gasteiger partial charge in [-0.15, -0.1) is 11.8 Å². The van der Waals surface area contributed by atoms with Crippen molar-refractivity contribution in [1.82, 2.24) is 0 Å². The molecule has 0 aromatic heterocycles. The fourth-order valence-electron chi connectivity index (χ4n) is 7.22. The second-order valence-electron chi connectivity index (χ2n) is 15.3. The van der Waals surface area contributed by atoms with Crippen molar-refractivity contribution in [2.24, 2.45) is 0 Å². The standard InChI is InChI=1S/C52H90S/c1-7-13-15-17-19-21-23-25-27-29-31-33-35-37-39-41-43-45-49-51(11-5,47-9-3)53-52(12-6,48-10-4)50-46-44-42-40-38-36-34-32-30-28-26-24-22-20-18-16-14-8-2/h19-22,25-28,31-34,37-40H,7-18,23-24,29-30,35-36,41-50H2,1-6H3/b21-19-,22-20-,27-25-,28-26-,33-31-,34-32-,39-37-,40-38-. The molecular formula is C52H90S. The molecule has 0 aliphatic rings. The highest BCUT2D eigenvalue weighted by Gasteiger charge is 2.38. The molecule has 304 valence electrons. The molecule has 0 saturated heterocycles. The lowest BCUT2D eigenvalue weighted by Gasteiger charge is -2.43. The van der Waals surface area contributed by atoms with Gasteiger partial charge in [0, 0.05) is 9.49 Å². The van der Waals surface area contributed by atoms with Gasteiger partial charge in [0.25, 0.3) is 0 Å². The molecule has 2 atom stereocenters. The van der Waals surface area contributed by atoms with Crippen LogP contribution >= 0.6 is 11.8 Å². The normalized spacial score (nSPS) is 15.4. The van der Waals surface area contributed by atoms with Gasteiger partial charge in [0.2, 0.25) is 0 Å². The molecule has 0 amide bonds. The van der Waals surface area contributed by atoms with Crippen molar-refractivity contribution in [3.63, 3.8) is 0 Å². The summed E-state index contributed by atoms with van der Waals surface area (Å²) >= 11 is 2.44. The first-order chi connectivity index (χ1) is 26.1. The van der Waals surface area contributed by atoms with E-state index in [1.807, 2.05) is 0 Å². The fourth-order valence-corrected chi connectivity index (χ4v) is 9.53. The number of allylic oxidation sites excluding steroid dienone is 16. The molecule has 0 aromatic carbocycles. The number of hydrogen-bond acceptors (Lipinski definition) is 1. The average molecular weight is 747 g/mol. The lowest BCUT2D eigenvalue weighted by Crippen LogP contribution is -2.35. The molecule has 0 nitrogen and oxygen atoms in total. The van der Waals surface area contributed by atoms with Crippen molar-refractivity contribution in [3.8, 4) is 0 Å². The van der Waals surface area contributed by atoms with Gasteiger partial charge in [-0.2, -0.15) is 0 Å². The van der Waals surface area contributed by atoms with E-state index in [1.54, 1.807) is 0 Å². The maximum absolute atomic E-state index is 2.48. The molecule has 0 spiro atoms. The van der Waals surface area contributed by atoms with E-state index in [-0.39, 0.29) is 0 Å². The third-order valence-electron chi connectivity index (χ3n) is 10.6. The maximum atomic E-state index is 2.48.